The first-order valence-corrected chi connectivity index (χ1v) is 6.58. The number of thioether (sulfide) groups is 1. The van der Waals surface area contributed by atoms with Crippen molar-refractivity contribution in [2.45, 2.75) is 11.6 Å². The van der Waals surface area contributed by atoms with Crippen LogP contribution in [0.3, 0.4) is 0 Å². The molecule has 0 N–H and O–H groups in total. The number of allylic oxidation sites excluding steroid dienone is 1. The Labute approximate surface area is 108 Å². The molecule has 0 unspecified atom stereocenters. The highest BCUT2D eigenvalue weighted by Gasteiger charge is 2.11. The zero-order chi connectivity index (χ0) is 13.0. The minimum atomic E-state index is -2.29. The molecule has 2 aromatic heterocycles. The number of hydrogen-bond donors (Lipinski definition) is 0. The fourth-order valence-corrected chi connectivity index (χ4v) is 2.24. The third-order valence-corrected chi connectivity index (χ3v) is 3.38. The van der Waals surface area contributed by atoms with Gasteiger partial charge >= 0.3 is 6.08 Å². The normalized spacial score (nSPS) is 10.6. The predicted molar refractivity (Wildman–Crippen MR) is 61.1 cm³/mol. The third-order valence-electron chi connectivity index (χ3n) is 1.80. The first kappa shape index (κ1) is 13.1. The lowest BCUT2D eigenvalue weighted by molar-refractivity contribution is 0.373. The number of aromatic nitrogens is 3. The monoisotopic (exact) mass is 293 g/mol. The van der Waals surface area contributed by atoms with Gasteiger partial charge in [-0.15, -0.1) is 21.5 Å². The third kappa shape index (κ3) is 3.33. The summed E-state index contributed by atoms with van der Waals surface area (Å²) in [7, 11) is 0. The Hall–Kier alpha value is -1.35. The molecular formula is C9H6F3N3OS2. The summed E-state index contributed by atoms with van der Waals surface area (Å²) in [4.78, 5) is 4.58. The fourth-order valence-electron chi connectivity index (χ4n) is 1.01. The van der Waals surface area contributed by atoms with Gasteiger partial charge in [-0.1, -0.05) is 11.8 Å². The lowest BCUT2D eigenvalue weighted by Crippen LogP contribution is -1.82. The molecule has 0 spiro atoms. The molecule has 0 aromatic carbocycles. The summed E-state index contributed by atoms with van der Waals surface area (Å²) in [5, 5.41) is 7.70. The van der Waals surface area contributed by atoms with Gasteiger partial charge in [-0.25, -0.2) is 4.39 Å². The van der Waals surface area contributed by atoms with Gasteiger partial charge < -0.3 is 4.42 Å². The number of halogens is 3. The summed E-state index contributed by atoms with van der Waals surface area (Å²) < 4.78 is 41.3. The van der Waals surface area contributed by atoms with E-state index in [0.29, 0.717) is 5.89 Å². The van der Waals surface area contributed by atoms with Gasteiger partial charge in [0.05, 0.1) is 11.7 Å². The minimum absolute atomic E-state index is 0.105. The smallest absolute Gasteiger partial charge is 0.301 e. The van der Waals surface area contributed by atoms with E-state index in [0.717, 1.165) is 16.6 Å². The molecule has 2 aromatic rings. The quantitative estimate of drug-likeness (QED) is 0.786. The highest BCUT2D eigenvalue weighted by atomic mass is 32.2. The first-order chi connectivity index (χ1) is 8.66. The van der Waals surface area contributed by atoms with Crippen molar-refractivity contribution in [2.75, 3.05) is 5.75 Å². The Kier molecular flexibility index (Phi) is 4.37. The van der Waals surface area contributed by atoms with Gasteiger partial charge in [0, 0.05) is 12.2 Å². The Morgan fingerprint density at radius 1 is 1.33 bits per heavy atom. The molecule has 2 rings (SSSR count). The Bertz CT molecular complexity index is 537. The predicted octanol–water partition coefficient (Wildman–Crippen LogP) is 3.75. The lowest BCUT2D eigenvalue weighted by atomic mass is 10.4. The largest absolute Gasteiger partial charge is 0.410 e. The van der Waals surface area contributed by atoms with Crippen LogP contribution in [-0.2, 0) is 0 Å². The van der Waals surface area contributed by atoms with Crippen LogP contribution in [0.15, 0.2) is 33.3 Å². The van der Waals surface area contributed by atoms with Crippen LogP contribution in [0.1, 0.15) is 6.42 Å². The molecule has 0 saturated carbocycles. The van der Waals surface area contributed by atoms with Gasteiger partial charge in [0.2, 0.25) is 0 Å². The molecule has 0 aliphatic rings. The van der Waals surface area contributed by atoms with Crippen molar-refractivity contribution in [3.63, 3.8) is 0 Å². The summed E-state index contributed by atoms with van der Waals surface area (Å²) in [6, 6.07) is 0. The molecule has 0 aliphatic heterocycles. The summed E-state index contributed by atoms with van der Waals surface area (Å²) in [5.74, 6) is -0.995. The van der Waals surface area contributed by atoms with Crippen molar-refractivity contribution in [3.05, 3.63) is 23.6 Å². The topological polar surface area (TPSA) is 51.8 Å². The van der Waals surface area contributed by atoms with Crippen LogP contribution >= 0.6 is 23.1 Å². The van der Waals surface area contributed by atoms with Gasteiger partial charge in [0.1, 0.15) is 4.88 Å². The van der Waals surface area contributed by atoms with Gasteiger partial charge in [-0.2, -0.15) is 8.78 Å². The Morgan fingerprint density at radius 2 is 2.17 bits per heavy atom. The van der Waals surface area contributed by atoms with Gasteiger partial charge in [0.15, 0.2) is 5.83 Å². The van der Waals surface area contributed by atoms with Crippen LogP contribution in [0.5, 0.6) is 0 Å². The van der Waals surface area contributed by atoms with Crippen LogP contribution in [0.25, 0.3) is 10.8 Å². The van der Waals surface area contributed by atoms with Crippen molar-refractivity contribution in [3.8, 4) is 10.8 Å². The molecule has 0 radical (unpaired) electrons. The van der Waals surface area contributed by atoms with E-state index in [1.54, 1.807) is 11.7 Å². The zero-order valence-electron chi connectivity index (χ0n) is 8.77. The number of thiazole rings is 1. The summed E-state index contributed by atoms with van der Waals surface area (Å²) in [6.07, 6.45) is -1.08. The summed E-state index contributed by atoms with van der Waals surface area (Å²) >= 11 is 2.36. The maximum atomic E-state index is 12.5. The van der Waals surface area contributed by atoms with Crippen molar-refractivity contribution >= 4 is 23.1 Å². The molecule has 0 amide bonds. The van der Waals surface area contributed by atoms with Crippen LogP contribution in [0, 0.1) is 0 Å². The van der Waals surface area contributed by atoms with Crippen molar-refractivity contribution in [2.24, 2.45) is 0 Å². The molecule has 4 nitrogen and oxygen atoms in total. The molecular weight excluding hydrogens is 287 g/mol. The standard InChI is InChI=1S/C9H6F3N3OS2/c10-5(7(11)12)1-2-17-9-15-14-8(16-9)6-3-13-4-18-6/h3-4H,1-2H2. The minimum Gasteiger partial charge on any atom is -0.410 e. The maximum absolute atomic E-state index is 12.5. The second kappa shape index (κ2) is 6.01. The fraction of sp³-hybridized carbons (Fsp3) is 0.222. The van der Waals surface area contributed by atoms with E-state index in [9.17, 15) is 13.2 Å². The van der Waals surface area contributed by atoms with Crippen LogP contribution < -0.4 is 0 Å². The second-order valence-corrected chi connectivity index (χ2v) is 4.94. The van der Waals surface area contributed by atoms with Crippen LogP contribution in [0.4, 0.5) is 13.2 Å². The van der Waals surface area contributed by atoms with Crippen molar-refractivity contribution in [1.82, 2.24) is 15.2 Å². The van der Waals surface area contributed by atoms with E-state index in [4.69, 9.17) is 4.42 Å². The first-order valence-electron chi connectivity index (χ1n) is 4.71. The second-order valence-electron chi connectivity index (χ2n) is 3.00. The Morgan fingerprint density at radius 3 is 2.83 bits per heavy atom. The summed E-state index contributed by atoms with van der Waals surface area (Å²) in [6.45, 7) is 0. The lowest BCUT2D eigenvalue weighted by Gasteiger charge is -1.93. The van der Waals surface area contributed by atoms with Gasteiger partial charge in [0.25, 0.3) is 11.1 Å². The maximum Gasteiger partial charge on any atom is 0.301 e. The molecule has 96 valence electrons. The molecule has 0 bridgehead atoms. The van der Waals surface area contributed by atoms with Crippen LogP contribution in [-0.4, -0.2) is 20.9 Å². The molecule has 0 atom stereocenters. The molecule has 9 heteroatoms. The molecule has 18 heavy (non-hydrogen) atoms. The highest BCUT2D eigenvalue weighted by molar-refractivity contribution is 7.99. The average Bonchev–Trinajstić information content (AvgIpc) is 2.98. The van der Waals surface area contributed by atoms with Gasteiger partial charge in [-0.3, -0.25) is 4.98 Å². The number of nitrogens with zero attached hydrogens (tertiary/aromatic N) is 3. The van der Waals surface area contributed by atoms with Crippen molar-refractivity contribution < 1.29 is 17.6 Å². The Balaban J connectivity index is 1.90. The average molecular weight is 293 g/mol. The number of rotatable bonds is 5. The van der Waals surface area contributed by atoms with Crippen LogP contribution in [0.2, 0.25) is 0 Å². The molecule has 0 fully saturated rings. The number of hydrogen-bond acceptors (Lipinski definition) is 6. The molecule has 0 aliphatic carbocycles. The highest BCUT2D eigenvalue weighted by Crippen LogP contribution is 2.26. The van der Waals surface area contributed by atoms with E-state index < -0.39 is 11.9 Å². The van der Waals surface area contributed by atoms with Crippen molar-refractivity contribution in [1.29, 1.82) is 0 Å². The summed E-state index contributed by atoms with van der Waals surface area (Å²) in [5.41, 5.74) is 1.62. The van der Waals surface area contributed by atoms with Gasteiger partial charge in [-0.05, 0) is 0 Å². The van der Waals surface area contributed by atoms with E-state index in [1.165, 1.54) is 11.3 Å². The van der Waals surface area contributed by atoms with E-state index >= 15 is 0 Å². The molecule has 0 saturated heterocycles. The molecule has 2 heterocycles. The SMILES string of the molecule is FC(F)=C(F)CCSc1nnc(-c2cncs2)o1. The van der Waals surface area contributed by atoms with E-state index in [1.807, 2.05) is 0 Å². The van der Waals surface area contributed by atoms with E-state index in [2.05, 4.69) is 15.2 Å². The zero-order valence-corrected chi connectivity index (χ0v) is 10.4. The van der Waals surface area contributed by atoms with E-state index in [-0.39, 0.29) is 17.4 Å².